The van der Waals surface area contributed by atoms with Gasteiger partial charge in [0.15, 0.2) is 0 Å². The van der Waals surface area contributed by atoms with Crippen LogP contribution in [0.3, 0.4) is 0 Å². The minimum absolute atomic E-state index is 0.128. The molecule has 0 N–H and O–H groups in total. The minimum atomic E-state index is -0.950. The molecule has 0 aromatic heterocycles. The first-order valence-electron chi connectivity index (χ1n) is 11.0. The summed E-state index contributed by atoms with van der Waals surface area (Å²) in [5.41, 5.74) is 3.64. The lowest BCUT2D eigenvalue weighted by molar-refractivity contribution is -0.143. The van der Waals surface area contributed by atoms with E-state index < -0.39 is 6.17 Å². The number of hydrogen-bond acceptors (Lipinski definition) is 2. The molecule has 2 fully saturated rings. The van der Waals surface area contributed by atoms with Gasteiger partial charge in [-0.2, -0.15) is 0 Å². The number of carbonyl (C=O) groups is 1. The van der Waals surface area contributed by atoms with Crippen LogP contribution in [-0.2, 0) is 17.8 Å². The fourth-order valence-electron chi connectivity index (χ4n) is 6.28. The number of aryl methyl sites for hydroxylation is 1. The zero-order valence-corrected chi connectivity index (χ0v) is 17.1. The lowest BCUT2D eigenvalue weighted by Gasteiger charge is -2.53. The van der Waals surface area contributed by atoms with E-state index in [2.05, 4.69) is 37.3 Å². The summed E-state index contributed by atoms with van der Waals surface area (Å²) in [5, 5.41) is 0. The largest absolute Gasteiger partial charge is 0.489 e. The monoisotopic (exact) mass is 392 g/mol. The molecule has 5 rings (SSSR count). The zero-order valence-electron chi connectivity index (χ0n) is 17.1. The molecule has 3 aliphatic rings. The highest BCUT2D eigenvalue weighted by Crippen LogP contribution is 2.58. The van der Waals surface area contributed by atoms with Gasteiger partial charge in [0.1, 0.15) is 24.3 Å². The van der Waals surface area contributed by atoms with E-state index in [9.17, 15) is 9.18 Å². The Hall–Kier alpha value is -2.16. The quantitative estimate of drug-likeness (QED) is 0.637. The average Bonchev–Trinajstić information content (AvgIpc) is 2.73. The van der Waals surface area contributed by atoms with Gasteiger partial charge < -0.3 is 4.74 Å². The van der Waals surface area contributed by atoms with Gasteiger partial charge in [-0.15, -0.1) is 0 Å². The van der Waals surface area contributed by atoms with E-state index in [1.165, 1.54) is 16.7 Å². The predicted molar refractivity (Wildman–Crippen MR) is 112 cm³/mol. The summed E-state index contributed by atoms with van der Waals surface area (Å²) in [6.45, 7) is 2.68. The smallest absolute Gasteiger partial charge is 0.141 e. The summed E-state index contributed by atoms with van der Waals surface area (Å²) >= 11 is 0. The number of rotatable bonds is 3. The number of benzene rings is 2. The van der Waals surface area contributed by atoms with Crippen LogP contribution in [0, 0.1) is 17.3 Å². The molecule has 0 amide bonds. The Labute approximate surface area is 172 Å². The minimum Gasteiger partial charge on any atom is -0.489 e. The normalized spacial score (nSPS) is 33.4. The van der Waals surface area contributed by atoms with E-state index in [4.69, 9.17) is 4.74 Å². The number of halogens is 1. The Bertz CT molecular complexity index is 908. The van der Waals surface area contributed by atoms with Gasteiger partial charge >= 0.3 is 0 Å². The average molecular weight is 393 g/mol. The summed E-state index contributed by atoms with van der Waals surface area (Å²) in [6, 6.07) is 16.7. The molecular weight excluding hydrogens is 363 g/mol. The Balaban J connectivity index is 1.36. The van der Waals surface area contributed by atoms with Gasteiger partial charge in [-0.3, -0.25) is 4.79 Å². The van der Waals surface area contributed by atoms with Crippen molar-refractivity contribution in [1.29, 1.82) is 0 Å². The topological polar surface area (TPSA) is 26.3 Å². The molecule has 3 aliphatic carbocycles. The lowest BCUT2D eigenvalue weighted by Crippen LogP contribution is -2.51. The Kier molecular flexibility index (Phi) is 4.72. The van der Waals surface area contributed by atoms with Gasteiger partial charge in [0.25, 0.3) is 0 Å². The second-order valence-electron chi connectivity index (χ2n) is 9.47. The molecule has 0 aliphatic heterocycles. The van der Waals surface area contributed by atoms with Crippen molar-refractivity contribution in [3.05, 3.63) is 65.2 Å². The van der Waals surface area contributed by atoms with Crippen LogP contribution in [0.2, 0.25) is 0 Å². The third-order valence-electron chi connectivity index (χ3n) is 7.89. The van der Waals surface area contributed by atoms with E-state index in [1.807, 2.05) is 18.2 Å². The van der Waals surface area contributed by atoms with Crippen molar-refractivity contribution in [3.8, 4) is 5.75 Å². The van der Waals surface area contributed by atoms with Crippen LogP contribution in [0.1, 0.15) is 61.6 Å². The van der Waals surface area contributed by atoms with E-state index in [-0.39, 0.29) is 23.5 Å². The van der Waals surface area contributed by atoms with E-state index in [1.54, 1.807) is 0 Å². The van der Waals surface area contributed by atoms with Gasteiger partial charge in [0.2, 0.25) is 0 Å². The van der Waals surface area contributed by atoms with Crippen LogP contribution in [0.25, 0.3) is 0 Å². The first-order valence-corrected chi connectivity index (χ1v) is 11.0. The van der Waals surface area contributed by atoms with E-state index >= 15 is 0 Å². The summed E-state index contributed by atoms with van der Waals surface area (Å²) in [7, 11) is 0. The lowest BCUT2D eigenvalue weighted by atomic mass is 9.50. The van der Waals surface area contributed by atoms with Crippen molar-refractivity contribution in [2.45, 2.75) is 64.1 Å². The number of alkyl halides is 1. The zero-order chi connectivity index (χ0) is 20.0. The standard InChI is InChI=1S/C26H29FO2/c1-26-12-11-22-21-10-8-20(29-16-17-5-3-2-4-6-17)13-18(21)7-9-23(22)24(26)14-19(27)15-25(26)28/h2-6,8,10,13,19,22-24H,7,9,11-12,14-16H2,1H3/t19-,22+,23+,24-,26-/m0/s1. The summed E-state index contributed by atoms with van der Waals surface area (Å²) < 4.78 is 20.3. The Morgan fingerprint density at radius 1 is 1.14 bits per heavy atom. The van der Waals surface area contributed by atoms with Crippen molar-refractivity contribution >= 4 is 5.78 Å². The second kappa shape index (κ2) is 7.27. The van der Waals surface area contributed by atoms with Gasteiger partial charge in [0.05, 0.1) is 0 Å². The first kappa shape index (κ1) is 18.8. The summed E-state index contributed by atoms with van der Waals surface area (Å²) in [4.78, 5) is 12.7. The number of fused-ring (bicyclic) bond motifs is 5. The molecule has 0 unspecified atom stereocenters. The molecule has 2 nitrogen and oxygen atoms in total. The van der Waals surface area contributed by atoms with Crippen molar-refractivity contribution in [2.24, 2.45) is 17.3 Å². The summed E-state index contributed by atoms with van der Waals surface area (Å²) in [6.07, 6.45) is 3.74. The third kappa shape index (κ3) is 3.29. The molecule has 2 saturated carbocycles. The Morgan fingerprint density at radius 2 is 1.97 bits per heavy atom. The summed E-state index contributed by atoms with van der Waals surface area (Å²) in [5.74, 6) is 2.16. The Morgan fingerprint density at radius 3 is 2.79 bits per heavy atom. The molecule has 29 heavy (non-hydrogen) atoms. The second-order valence-corrected chi connectivity index (χ2v) is 9.47. The molecule has 0 heterocycles. The maximum absolute atomic E-state index is 14.3. The molecule has 2 aromatic carbocycles. The highest BCUT2D eigenvalue weighted by atomic mass is 19.1. The van der Waals surface area contributed by atoms with Crippen molar-refractivity contribution in [1.82, 2.24) is 0 Å². The fraction of sp³-hybridized carbons (Fsp3) is 0.500. The molecule has 0 saturated heterocycles. The maximum atomic E-state index is 14.3. The molecule has 0 radical (unpaired) electrons. The van der Waals surface area contributed by atoms with Crippen molar-refractivity contribution in [2.75, 3.05) is 0 Å². The molecular formula is C26H29FO2. The van der Waals surface area contributed by atoms with Gasteiger partial charge in [-0.25, -0.2) is 4.39 Å². The van der Waals surface area contributed by atoms with Crippen molar-refractivity contribution < 1.29 is 13.9 Å². The van der Waals surface area contributed by atoms with Crippen LogP contribution in [0.5, 0.6) is 5.75 Å². The molecule has 152 valence electrons. The van der Waals surface area contributed by atoms with Crippen LogP contribution >= 0.6 is 0 Å². The third-order valence-corrected chi connectivity index (χ3v) is 7.89. The number of Topliss-reactive ketones (excluding diaryl/α,β-unsaturated/α-hetero) is 1. The number of ketones is 1. The van der Waals surface area contributed by atoms with Gasteiger partial charge in [-0.1, -0.05) is 43.3 Å². The SMILES string of the molecule is C[C@]12CC[C@@H]3c4ccc(OCc5ccccc5)cc4CC[C@H]3[C@@H]1C[C@H](F)CC2=O. The molecule has 0 bridgehead atoms. The van der Waals surface area contributed by atoms with Crippen molar-refractivity contribution in [3.63, 3.8) is 0 Å². The molecule has 2 aromatic rings. The van der Waals surface area contributed by atoms with Crippen LogP contribution in [-0.4, -0.2) is 12.0 Å². The first-order chi connectivity index (χ1) is 14.0. The van der Waals surface area contributed by atoms with Crippen LogP contribution in [0.15, 0.2) is 48.5 Å². The number of carbonyl (C=O) groups excluding carboxylic acids is 1. The molecule has 3 heteroatoms. The highest BCUT2D eigenvalue weighted by Gasteiger charge is 2.54. The molecule has 0 spiro atoms. The number of hydrogen-bond donors (Lipinski definition) is 0. The maximum Gasteiger partial charge on any atom is 0.141 e. The fourth-order valence-corrected chi connectivity index (χ4v) is 6.28. The van der Waals surface area contributed by atoms with Gasteiger partial charge in [-0.05, 0) is 78.7 Å². The highest BCUT2D eigenvalue weighted by molar-refractivity contribution is 5.86. The predicted octanol–water partition coefficient (Wildman–Crippen LogP) is 6.03. The van der Waals surface area contributed by atoms with E-state index in [0.717, 1.165) is 31.4 Å². The number of ether oxygens (including phenoxy) is 1. The van der Waals surface area contributed by atoms with E-state index in [0.29, 0.717) is 24.9 Å². The molecule has 5 atom stereocenters. The van der Waals surface area contributed by atoms with Crippen LogP contribution in [0.4, 0.5) is 4.39 Å². The van der Waals surface area contributed by atoms with Gasteiger partial charge in [0, 0.05) is 11.8 Å². The van der Waals surface area contributed by atoms with Crippen LogP contribution < -0.4 is 4.74 Å².